The molecule has 1 N–H and O–H groups in total. The Labute approximate surface area is 179 Å². The van der Waals surface area contributed by atoms with Gasteiger partial charge in [0.15, 0.2) is 10.9 Å². The average Bonchev–Trinajstić information content (AvgIpc) is 3.32. The second-order valence-corrected chi connectivity index (χ2v) is 7.91. The molecule has 0 bridgehead atoms. The number of methoxy groups -OCH3 is 1. The molecule has 0 saturated carbocycles. The number of nitrogens with one attached hydrogen (secondary N) is 1. The van der Waals surface area contributed by atoms with Crippen molar-refractivity contribution in [3.8, 4) is 0 Å². The van der Waals surface area contributed by atoms with Crippen LogP contribution in [0, 0.1) is 0 Å². The van der Waals surface area contributed by atoms with E-state index in [-0.39, 0.29) is 18.8 Å². The SMILES string of the molecule is COCc1c(C(=O)Nc2ncc(Cc3cccc(C(F)(F)F)c3)s2)oc2ccccc12. The number of nitrogens with zero attached hydrogens (tertiary/aromatic N) is 1. The number of ether oxygens (including phenoxy) is 1. The van der Waals surface area contributed by atoms with Crippen LogP contribution in [0.3, 0.4) is 0 Å². The number of aromatic nitrogens is 1. The highest BCUT2D eigenvalue weighted by Gasteiger charge is 2.30. The molecule has 31 heavy (non-hydrogen) atoms. The fourth-order valence-electron chi connectivity index (χ4n) is 3.23. The molecule has 4 rings (SSSR count). The summed E-state index contributed by atoms with van der Waals surface area (Å²) in [6.45, 7) is 0.207. The van der Waals surface area contributed by atoms with Gasteiger partial charge in [0.05, 0.1) is 12.2 Å². The number of amides is 1. The molecule has 5 nitrogen and oxygen atoms in total. The lowest BCUT2D eigenvalue weighted by molar-refractivity contribution is -0.137. The Bertz CT molecular complexity index is 1230. The molecule has 1 amide bonds. The van der Waals surface area contributed by atoms with Gasteiger partial charge < -0.3 is 9.15 Å². The minimum atomic E-state index is -4.39. The monoisotopic (exact) mass is 446 g/mol. The number of benzene rings is 2. The number of para-hydroxylation sites is 1. The van der Waals surface area contributed by atoms with Gasteiger partial charge in [-0.25, -0.2) is 4.98 Å². The maximum absolute atomic E-state index is 12.9. The van der Waals surface area contributed by atoms with E-state index >= 15 is 0 Å². The molecule has 0 radical (unpaired) electrons. The quantitative estimate of drug-likeness (QED) is 0.401. The lowest BCUT2D eigenvalue weighted by atomic mass is 10.1. The van der Waals surface area contributed by atoms with Crippen molar-refractivity contribution in [3.05, 3.63) is 82.1 Å². The van der Waals surface area contributed by atoms with Crippen LogP contribution in [0.25, 0.3) is 11.0 Å². The maximum Gasteiger partial charge on any atom is 0.416 e. The highest BCUT2D eigenvalue weighted by molar-refractivity contribution is 7.15. The Kier molecular flexibility index (Phi) is 5.79. The predicted octanol–water partition coefficient (Wildman–Crippen LogP) is 5.90. The summed E-state index contributed by atoms with van der Waals surface area (Å²) in [5.41, 5.74) is 1.02. The molecular weight excluding hydrogens is 429 g/mol. The molecular formula is C22H17F3N2O3S. The number of rotatable bonds is 6. The van der Waals surface area contributed by atoms with Crippen molar-refractivity contribution in [1.29, 1.82) is 0 Å². The first-order valence-electron chi connectivity index (χ1n) is 9.26. The number of hydrogen-bond donors (Lipinski definition) is 1. The number of alkyl halides is 3. The van der Waals surface area contributed by atoms with Gasteiger partial charge in [-0.2, -0.15) is 13.2 Å². The van der Waals surface area contributed by atoms with Gasteiger partial charge in [0.1, 0.15) is 5.58 Å². The van der Waals surface area contributed by atoms with Gasteiger partial charge in [0, 0.05) is 35.6 Å². The van der Waals surface area contributed by atoms with Gasteiger partial charge in [-0.3, -0.25) is 10.1 Å². The van der Waals surface area contributed by atoms with Crippen LogP contribution in [0.5, 0.6) is 0 Å². The fraction of sp³-hybridized carbons (Fsp3) is 0.182. The van der Waals surface area contributed by atoms with E-state index in [0.717, 1.165) is 22.4 Å². The Hall–Kier alpha value is -3.17. The smallest absolute Gasteiger partial charge is 0.416 e. The minimum Gasteiger partial charge on any atom is -0.451 e. The molecule has 2 aromatic carbocycles. The van der Waals surface area contributed by atoms with E-state index in [1.54, 1.807) is 12.1 Å². The lowest BCUT2D eigenvalue weighted by Crippen LogP contribution is -2.13. The second kappa shape index (κ2) is 8.52. The van der Waals surface area contributed by atoms with E-state index in [0.29, 0.717) is 21.8 Å². The third-order valence-electron chi connectivity index (χ3n) is 4.60. The van der Waals surface area contributed by atoms with Crippen molar-refractivity contribution in [3.63, 3.8) is 0 Å². The molecule has 0 unspecified atom stereocenters. The zero-order chi connectivity index (χ0) is 22.0. The lowest BCUT2D eigenvalue weighted by Gasteiger charge is -2.07. The number of carbonyl (C=O) groups is 1. The Morgan fingerprint density at radius 1 is 1.19 bits per heavy atom. The Balaban J connectivity index is 1.51. The molecule has 2 aromatic heterocycles. The summed E-state index contributed by atoms with van der Waals surface area (Å²) in [6, 6.07) is 12.4. The third-order valence-corrected chi connectivity index (χ3v) is 5.51. The molecule has 4 aromatic rings. The average molecular weight is 446 g/mol. The van der Waals surface area contributed by atoms with Crippen LogP contribution < -0.4 is 5.32 Å². The van der Waals surface area contributed by atoms with Crippen molar-refractivity contribution < 1.29 is 27.1 Å². The number of fused-ring (bicyclic) bond motifs is 1. The molecule has 0 atom stereocenters. The summed E-state index contributed by atoms with van der Waals surface area (Å²) in [5, 5.41) is 3.82. The van der Waals surface area contributed by atoms with Crippen molar-refractivity contribution in [2.24, 2.45) is 0 Å². The molecule has 0 saturated heterocycles. The maximum atomic E-state index is 12.9. The second-order valence-electron chi connectivity index (χ2n) is 6.80. The first-order chi connectivity index (χ1) is 14.8. The Morgan fingerprint density at radius 3 is 2.77 bits per heavy atom. The van der Waals surface area contributed by atoms with Crippen LogP contribution in [-0.2, 0) is 23.9 Å². The van der Waals surface area contributed by atoms with E-state index in [9.17, 15) is 18.0 Å². The van der Waals surface area contributed by atoms with Crippen molar-refractivity contribution >= 4 is 33.3 Å². The molecule has 0 aliphatic heterocycles. The van der Waals surface area contributed by atoms with E-state index in [1.165, 1.54) is 30.7 Å². The van der Waals surface area contributed by atoms with Crippen LogP contribution in [0.15, 0.2) is 59.1 Å². The molecule has 2 heterocycles. The van der Waals surface area contributed by atoms with Crippen LogP contribution in [0.4, 0.5) is 18.3 Å². The third kappa shape index (κ3) is 4.62. The topological polar surface area (TPSA) is 64.4 Å². The van der Waals surface area contributed by atoms with Gasteiger partial charge >= 0.3 is 6.18 Å². The first kappa shape index (κ1) is 21.1. The summed E-state index contributed by atoms with van der Waals surface area (Å²) in [7, 11) is 1.53. The van der Waals surface area contributed by atoms with E-state index in [2.05, 4.69) is 10.3 Å². The number of halogens is 3. The molecule has 160 valence electrons. The largest absolute Gasteiger partial charge is 0.451 e. The van der Waals surface area contributed by atoms with E-state index < -0.39 is 17.6 Å². The summed E-state index contributed by atoms with van der Waals surface area (Å²) in [5.74, 6) is -0.333. The summed E-state index contributed by atoms with van der Waals surface area (Å²) in [6.07, 6.45) is -2.58. The zero-order valence-electron chi connectivity index (χ0n) is 16.3. The van der Waals surface area contributed by atoms with E-state index in [4.69, 9.17) is 9.15 Å². The van der Waals surface area contributed by atoms with Crippen molar-refractivity contribution in [1.82, 2.24) is 4.98 Å². The molecule has 9 heteroatoms. The van der Waals surface area contributed by atoms with Crippen molar-refractivity contribution in [2.75, 3.05) is 12.4 Å². The zero-order valence-corrected chi connectivity index (χ0v) is 17.1. The number of hydrogen-bond acceptors (Lipinski definition) is 5. The van der Waals surface area contributed by atoms with Crippen LogP contribution in [0.2, 0.25) is 0 Å². The van der Waals surface area contributed by atoms with Gasteiger partial charge in [-0.05, 0) is 17.7 Å². The number of thiazole rings is 1. The predicted molar refractivity (Wildman–Crippen MR) is 111 cm³/mol. The Morgan fingerprint density at radius 2 is 2.00 bits per heavy atom. The van der Waals surface area contributed by atoms with Crippen LogP contribution >= 0.6 is 11.3 Å². The normalized spacial score (nSPS) is 11.7. The molecule has 0 aliphatic carbocycles. The number of anilines is 1. The van der Waals surface area contributed by atoms with Gasteiger partial charge in [-0.15, -0.1) is 11.3 Å². The highest BCUT2D eigenvalue weighted by atomic mass is 32.1. The number of furan rings is 1. The van der Waals surface area contributed by atoms with Crippen molar-refractivity contribution in [2.45, 2.75) is 19.2 Å². The number of carbonyl (C=O) groups excluding carboxylic acids is 1. The summed E-state index contributed by atoms with van der Waals surface area (Å²) in [4.78, 5) is 17.7. The highest BCUT2D eigenvalue weighted by Crippen LogP contribution is 2.31. The van der Waals surface area contributed by atoms with Crippen LogP contribution in [0.1, 0.15) is 32.1 Å². The standard InChI is InChI=1S/C22H17F3N2O3S/c1-29-12-17-16-7-2-3-8-18(16)30-19(17)20(28)27-21-26-11-15(31-21)10-13-5-4-6-14(9-13)22(23,24)25/h2-9,11H,10,12H2,1H3,(H,26,27,28). The molecule has 0 spiro atoms. The summed E-state index contributed by atoms with van der Waals surface area (Å²) < 4.78 is 49.6. The molecule has 0 aliphatic rings. The summed E-state index contributed by atoms with van der Waals surface area (Å²) >= 11 is 1.19. The first-order valence-corrected chi connectivity index (χ1v) is 10.1. The van der Waals surface area contributed by atoms with Gasteiger partial charge in [0.2, 0.25) is 0 Å². The van der Waals surface area contributed by atoms with Crippen LogP contribution in [-0.4, -0.2) is 18.0 Å². The van der Waals surface area contributed by atoms with Gasteiger partial charge in [-0.1, -0.05) is 36.4 Å². The molecule has 0 fully saturated rings. The van der Waals surface area contributed by atoms with E-state index in [1.807, 2.05) is 18.2 Å². The minimum absolute atomic E-state index is 0.137. The van der Waals surface area contributed by atoms with Gasteiger partial charge in [0.25, 0.3) is 5.91 Å². The fourth-order valence-corrected chi connectivity index (χ4v) is 4.07.